The van der Waals surface area contributed by atoms with Gasteiger partial charge in [0.05, 0.1) is 16.8 Å². The van der Waals surface area contributed by atoms with Gasteiger partial charge in [-0.2, -0.15) is 0 Å². The minimum absolute atomic E-state index is 0.312. The molecule has 0 amide bonds. The number of nitrogens with zero attached hydrogens (tertiary/aromatic N) is 1. The third-order valence-corrected chi connectivity index (χ3v) is 3.96. The van der Waals surface area contributed by atoms with Crippen LogP contribution in [0.3, 0.4) is 0 Å². The van der Waals surface area contributed by atoms with Gasteiger partial charge < -0.3 is 14.0 Å². The highest BCUT2D eigenvalue weighted by atomic mass is 32.1. The molecule has 5 nitrogen and oxygen atoms in total. The number of carbonyl (C=O) groups is 1. The van der Waals surface area contributed by atoms with Crippen LogP contribution in [0.4, 0.5) is 0 Å². The monoisotopic (exact) mass is 269 g/mol. The summed E-state index contributed by atoms with van der Waals surface area (Å²) >= 11 is 1.25. The van der Waals surface area contributed by atoms with Crippen LogP contribution in [0.25, 0.3) is 0 Å². The van der Waals surface area contributed by atoms with Crippen molar-refractivity contribution >= 4 is 30.0 Å². The molecule has 0 atom stereocenters. The Morgan fingerprint density at radius 2 is 1.89 bits per heavy atom. The van der Waals surface area contributed by atoms with Gasteiger partial charge >= 0.3 is 13.1 Å². The fourth-order valence-corrected chi connectivity index (χ4v) is 2.22. The lowest BCUT2D eigenvalue weighted by Crippen LogP contribution is -2.41. The van der Waals surface area contributed by atoms with E-state index in [1.165, 1.54) is 18.3 Å². The summed E-state index contributed by atoms with van der Waals surface area (Å²) in [5, 5.41) is 2.09. The third kappa shape index (κ3) is 2.43. The van der Waals surface area contributed by atoms with Gasteiger partial charge in [0.1, 0.15) is 0 Å². The van der Waals surface area contributed by atoms with Crippen LogP contribution < -0.4 is 10.3 Å². The SMILES string of the molecule is CC(=O)Oc1nc(B2OC(C)(C)C(C)(C)O2)cs1. The standard InChI is InChI=1S/C11H16BNO4S/c1-7(14)15-9-13-8(6-18-9)12-16-10(2,3)11(4,5)17-12/h6H,1-5H3. The lowest BCUT2D eigenvalue weighted by Gasteiger charge is -2.32. The largest absolute Gasteiger partial charge is 0.515 e. The minimum atomic E-state index is -0.518. The molecule has 0 bridgehead atoms. The van der Waals surface area contributed by atoms with Crippen LogP contribution in [-0.2, 0) is 14.1 Å². The van der Waals surface area contributed by atoms with Crippen LogP contribution in [-0.4, -0.2) is 29.3 Å². The van der Waals surface area contributed by atoms with E-state index in [2.05, 4.69) is 4.98 Å². The van der Waals surface area contributed by atoms with Crippen LogP contribution in [0.1, 0.15) is 34.6 Å². The zero-order chi connectivity index (χ0) is 13.6. The summed E-state index contributed by atoms with van der Waals surface area (Å²) in [6.45, 7) is 9.26. The number of hydrogen-bond acceptors (Lipinski definition) is 6. The molecule has 7 heteroatoms. The first-order valence-corrected chi connectivity index (χ1v) is 6.59. The molecule has 0 radical (unpaired) electrons. The second-order valence-corrected chi connectivity index (χ2v) is 6.04. The van der Waals surface area contributed by atoms with Gasteiger partial charge in [-0.15, -0.1) is 0 Å². The second kappa shape index (κ2) is 4.33. The molecular weight excluding hydrogens is 253 g/mol. The Kier molecular flexibility index (Phi) is 3.25. The number of rotatable bonds is 2. The maximum absolute atomic E-state index is 10.8. The van der Waals surface area contributed by atoms with Crippen LogP contribution in [0.15, 0.2) is 5.38 Å². The number of esters is 1. The normalized spacial score (nSPS) is 21.1. The summed E-state index contributed by atoms with van der Waals surface area (Å²) in [5.74, 6) is -0.384. The Labute approximate surface area is 111 Å². The number of carbonyl (C=O) groups excluding carboxylic acids is 1. The van der Waals surface area contributed by atoms with E-state index >= 15 is 0 Å². The summed E-state index contributed by atoms with van der Waals surface area (Å²) < 4.78 is 16.6. The summed E-state index contributed by atoms with van der Waals surface area (Å²) in [6, 6.07) is 0. The zero-order valence-corrected chi connectivity index (χ0v) is 12.0. The van der Waals surface area contributed by atoms with Crippen LogP contribution >= 0.6 is 11.3 Å². The van der Waals surface area contributed by atoms with E-state index in [0.29, 0.717) is 10.8 Å². The molecule has 0 unspecified atom stereocenters. The number of ether oxygens (including phenoxy) is 1. The van der Waals surface area contributed by atoms with Crippen LogP contribution in [0, 0.1) is 0 Å². The van der Waals surface area contributed by atoms with Crippen molar-refractivity contribution in [2.45, 2.75) is 45.8 Å². The molecule has 1 saturated heterocycles. The van der Waals surface area contributed by atoms with Crippen molar-refractivity contribution in [3.05, 3.63) is 5.38 Å². The molecule has 1 aromatic heterocycles. The Morgan fingerprint density at radius 1 is 1.33 bits per heavy atom. The molecule has 2 heterocycles. The van der Waals surface area contributed by atoms with Gasteiger partial charge in [-0.25, -0.2) is 4.98 Å². The summed E-state index contributed by atoms with van der Waals surface area (Å²) in [5.41, 5.74) is -0.166. The van der Waals surface area contributed by atoms with Gasteiger partial charge in [0.15, 0.2) is 0 Å². The van der Waals surface area contributed by atoms with Gasteiger partial charge in [-0.3, -0.25) is 4.79 Å². The number of thiazole rings is 1. The highest BCUT2D eigenvalue weighted by Gasteiger charge is 2.52. The van der Waals surface area contributed by atoms with Gasteiger partial charge in [-0.05, 0) is 27.7 Å². The first-order chi connectivity index (χ1) is 8.21. The van der Waals surface area contributed by atoms with Gasteiger partial charge in [-0.1, -0.05) is 11.3 Å². The lowest BCUT2D eigenvalue weighted by atomic mass is 9.86. The zero-order valence-electron chi connectivity index (χ0n) is 11.1. The molecule has 2 rings (SSSR count). The molecule has 0 N–H and O–H groups in total. The fourth-order valence-electron chi connectivity index (χ4n) is 1.51. The molecule has 1 aromatic rings. The molecule has 0 saturated carbocycles. The van der Waals surface area contributed by atoms with E-state index in [1.54, 1.807) is 5.38 Å². The third-order valence-electron chi connectivity index (χ3n) is 3.23. The fraction of sp³-hybridized carbons (Fsp3) is 0.636. The average Bonchev–Trinajstić information content (AvgIpc) is 2.70. The van der Waals surface area contributed by atoms with Crippen LogP contribution in [0.5, 0.6) is 5.19 Å². The topological polar surface area (TPSA) is 57.7 Å². The van der Waals surface area contributed by atoms with Crippen molar-refractivity contribution in [3.8, 4) is 5.19 Å². The molecule has 98 valence electrons. The summed E-state index contributed by atoms with van der Waals surface area (Å²) in [4.78, 5) is 15.0. The van der Waals surface area contributed by atoms with E-state index in [9.17, 15) is 4.79 Å². The highest BCUT2D eigenvalue weighted by molar-refractivity contribution is 7.12. The molecule has 1 aliphatic heterocycles. The summed E-state index contributed by atoms with van der Waals surface area (Å²) in [6.07, 6.45) is 0. The van der Waals surface area contributed by atoms with Crippen molar-refractivity contribution in [2.24, 2.45) is 0 Å². The first kappa shape index (κ1) is 13.5. The molecule has 0 aliphatic carbocycles. The molecule has 1 aliphatic rings. The Morgan fingerprint density at radius 3 is 2.39 bits per heavy atom. The maximum Gasteiger partial charge on any atom is 0.515 e. The van der Waals surface area contributed by atoms with E-state index < -0.39 is 18.3 Å². The van der Waals surface area contributed by atoms with E-state index in [1.807, 2.05) is 27.7 Å². The van der Waals surface area contributed by atoms with Crippen molar-refractivity contribution in [3.63, 3.8) is 0 Å². The lowest BCUT2D eigenvalue weighted by molar-refractivity contribution is -0.131. The molecule has 18 heavy (non-hydrogen) atoms. The molecule has 0 spiro atoms. The average molecular weight is 269 g/mol. The van der Waals surface area contributed by atoms with Crippen molar-refractivity contribution in [1.82, 2.24) is 4.98 Å². The van der Waals surface area contributed by atoms with Gasteiger partial charge in [0, 0.05) is 12.3 Å². The van der Waals surface area contributed by atoms with Crippen molar-refractivity contribution in [2.75, 3.05) is 0 Å². The Bertz CT molecular complexity index is 455. The first-order valence-electron chi connectivity index (χ1n) is 5.71. The van der Waals surface area contributed by atoms with E-state index in [4.69, 9.17) is 14.0 Å². The predicted molar refractivity (Wildman–Crippen MR) is 69.1 cm³/mol. The Balaban J connectivity index is 2.15. The predicted octanol–water partition coefficient (Wildman–Crippen LogP) is 1.37. The second-order valence-electron chi connectivity index (χ2n) is 5.22. The molecule has 0 aromatic carbocycles. The summed E-state index contributed by atoms with van der Waals surface area (Å²) in [7, 11) is -0.518. The maximum atomic E-state index is 10.8. The van der Waals surface area contributed by atoms with E-state index in [0.717, 1.165) is 0 Å². The number of aromatic nitrogens is 1. The Hall–Kier alpha value is -0.915. The van der Waals surface area contributed by atoms with E-state index in [-0.39, 0.29) is 5.97 Å². The minimum Gasteiger partial charge on any atom is -0.398 e. The smallest absolute Gasteiger partial charge is 0.398 e. The quantitative estimate of drug-likeness (QED) is 0.599. The van der Waals surface area contributed by atoms with Gasteiger partial charge in [0.25, 0.3) is 5.19 Å². The van der Waals surface area contributed by atoms with Crippen molar-refractivity contribution < 1.29 is 18.8 Å². The van der Waals surface area contributed by atoms with Crippen LogP contribution in [0.2, 0.25) is 0 Å². The highest BCUT2D eigenvalue weighted by Crippen LogP contribution is 2.36. The van der Waals surface area contributed by atoms with Crippen molar-refractivity contribution in [1.29, 1.82) is 0 Å². The molecular formula is C11H16BNO4S. The molecule has 1 fully saturated rings. The number of hydrogen-bond donors (Lipinski definition) is 0. The van der Waals surface area contributed by atoms with Gasteiger partial charge in [0.2, 0.25) is 0 Å².